The van der Waals surface area contributed by atoms with Gasteiger partial charge in [-0.05, 0) is 25.8 Å². The normalized spacial score (nSPS) is 19.2. The maximum atomic E-state index is 10.6. The molecule has 2 heterocycles. The molecule has 1 aliphatic heterocycles. The molecule has 1 saturated heterocycles. The molecule has 6 nitrogen and oxygen atoms in total. The van der Waals surface area contributed by atoms with E-state index in [0.29, 0.717) is 11.9 Å². The molecular formula is C11H16N4O2. The van der Waals surface area contributed by atoms with Gasteiger partial charge in [0.25, 0.3) is 5.69 Å². The molecule has 1 fully saturated rings. The molecule has 6 heteroatoms. The van der Waals surface area contributed by atoms with Gasteiger partial charge in [-0.3, -0.25) is 10.1 Å². The Labute approximate surface area is 99.6 Å². The molecule has 0 spiro atoms. The van der Waals surface area contributed by atoms with Crippen molar-refractivity contribution < 1.29 is 4.92 Å². The quantitative estimate of drug-likeness (QED) is 0.598. The van der Waals surface area contributed by atoms with Crippen molar-refractivity contribution in [2.75, 3.05) is 18.4 Å². The number of nitrogens with one attached hydrogen (secondary N) is 2. The van der Waals surface area contributed by atoms with Crippen molar-refractivity contribution >= 4 is 11.5 Å². The van der Waals surface area contributed by atoms with Crippen LogP contribution in [0.5, 0.6) is 0 Å². The standard InChI is InChI=1S/C11H16N4O2/c16-15(17)10-4-7-14-11(8-10)13-6-3-9-2-1-5-12-9/h4,7-9,12H,1-3,5-6H2,(H,13,14)/t9-/m0/s1. The average Bonchev–Trinajstić information content (AvgIpc) is 2.82. The van der Waals surface area contributed by atoms with Crippen molar-refractivity contribution in [1.82, 2.24) is 10.3 Å². The molecule has 0 saturated carbocycles. The van der Waals surface area contributed by atoms with Crippen LogP contribution in [0.3, 0.4) is 0 Å². The van der Waals surface area contributed by atoms with Crippen molar-refractivity contribution in [3.8, 4) is 0 Å². The summed E-state index contributed by atoms with van der Waals surface area (Å²) >= 11 is 0. The molecule has 1 atom stereocenters. The Hall–Kier alpha value is -1.69. The summed E-state index contributed by atoms with van der Waals surface area (Å²) in [4.78, 5) is 14.2. The van der Waals surface area contributed by atoms with Crippen LogP contribution in [0.15, 0.2) is 18.3 Å². The number of anilines is 1. The maximum absolute atomic E-state index is 10.6. The maximum Gasteiger partial charge on any atom is 0.274 e. The summed E-state index contributed by atoms with van der Waals surface area (Å²) in [6.07, 6.45) is 4.92. The zero-order valence-corrected chi connectivity index (χ0v) is 9.56. The lowest BCUT2D eigenvalue weighted by Crippen LogP contribution is -2.24. The van der Waals surface area contributed by atoms with Crippen LogP contribution in [0.1, 0.15) is 19.3 Å². The van der Waals surface area contributed by atoms with Crippen LogP contribution >= 0.6 is 0 Å². The topological polar surface area (TPSA) is 80.1 Å². The summed E-state index contributed by atoms with van der Waals surface area (Å²) in [5.41, 5.74) is 0.0708. The predicted octanol–water partition coefficient (Wildman–Crippen LogP) is 1.54. The molecule has 92 valence electrons. The minimum absolute atomic E-state index is 0.0708. The molecule has 2 N–H and O–H groups in total. The van der Waals surface area contributed by atoms with Crippen molar-refractivity contribution in [2.24, 2.45) is 0 Å². The fourth-order valence-electron chi connectivity index (χ4n) is 2.01. The molecule has 1 aromatic heterocycles. The van der Waals surface area contributed by atoms with E-state index >= 15 is 0 Å². The number of rotatable bonds is 5. The Balaban J connectivity index is 1.81. The fraction of sp³-hybridized carbons (Fsp3) is 0.545. The van der Waals surface area contributed by atoms with Crippen LogP contribution in [0.2, 0.25) is 0 Å². The molecule has 0 aromatic carbocycles. The summed E-state index contributed by atoms with van der Waals surface area (Å²) in [6, 6.07) is 3.42. The number of hydrogen-bond acceptors (Lipinski definition) is 5. The SMILES string of the molecule is O=[N+]([O-])c1ccnc(NCC[C@@H]2CCCN2)c1. The predicted molar refractivity (Wildman–Crippen MR) is 65.0 cm³/mol. The van der Waals surface area contributed by atoms with Crippen molar-refractivity contribution in [1.29, 1.82) is 0 Å². The van der Waals surface area contributed by atoms with E-state index in [1.807, 2.05) is 0 Å². The molecule has 0 amide bonds. The lowest BCUT2D eigenvalue weighted by molar-refractivity contribution is -0.384. The third-order valence-electron chi connectivity index (χ3n) is 2.92. The number of hydrogen-bond donors (Lipinski definition) is 2. The van der Waals surface area contributed by atoms with Crippen molar-refractivity contribution in [2.45, 2.75) is 25.3 Å². The van der Waals surface area contributed by atoms with E-state index in [-0.39, 0.29) is 5.69 Å². The summed E-state index contributed by atoms with van der Waals surface area (Å²) in [5, 5.41) is 17.1. The van der Waals surface area contributed by atoms with Gasteiger partial charge in [-0.15, -0.1) is 0 Å². The van der Waals surface area contributed by atoms with Crippen molar-refractivity contribution in [3.05, 3.63) is 28.4 Å². The molecule has 2 rings (SSSR count). The summed E-state index contributed by atoms with van der Waals surface area (Å²) in [7, 11) is 0. The van der Waals surface area contributed by atoms with Crippen LogP contribution < -0.4 is 10.6 Å². The molecule has 0 aliphatic carbocycles. The summed E-state index contributed by atoms with van der Waals surface area (Å²) in [6.45, 7) is 1.88. The lowest BCUT2D eigenvalue weighted by Gasteiger charge is -2.10. The van der Waals surface area contributed by atoms with Gasteiger partial charge in [0, 0.05) is 24.8 Å². The molecule has 1 aliphatic rings. The van der Waals surface area contributed by atoms with E-state index in [4.69, 9.17) is 0 Å². The Morgan fingerprint density at radius 3 is 3.24 bits per heavy atom. The van der Waals surface area contributed by atoms with E-state index in [1.54, 1.807) is 0 Å². The van der Waals surface area contributed by atoms with Gasteiger partial charge in [0.2, 0.25) is 0 Å². The van der Waals surface area contributed by atoms with Gasteiger partial charge >= 0.3 is 0 Å². The Bertz CT molecular complexity index is 391. The highest BCUT2D eigenvalue weighted by atomic mass is 16.6. The second-order valence-electron chi connectivity index (χ2n) is 4.17. The molecular weight excluding hydrogens is 220 g/mol. The van der Waals surface area contributed by atoms with E-state index < -0.39 is 4.92 Å². The monoisotopic (exact) mass is 236 g/mol. The first-order chi connectivity index (χ1) is 8.25. The molecule has 0 unspecified atom stereocenters. The third kappa shape index (κ3) is 3.39. The number of aromatic nitrogens is 1. The van der Waals surface area contributed by atoms with E-state index in [2.05, 4.69) is 15.6 Å². The average molecular weight is 236 g/mol. The number of nitro groups is 1. The van der Waals surface area contributed by atoms with Gasteiger partial charge in [-0.25, -0.2) is 4.98 Å². The van der Waals surface area contributed by atoms with Gasteiger partial charge in [0.1, 0.15) is 5.82 Å². The number of nitrogens with zero attached hydrogens (tertiary/aromatic N) is 2. The molecule has 17 heavy (non-hydrogen) atoms. The largest absolute Gasteiger partial charge is 0.370 e. The second-order valence-corrected chi connectivity index (χ2v) is 4.17. The first-order valence-electron chi connectivity index (χ1n) is 5.83. The molecule has 1 aromatic rings. The minimum atomic E-state index is -0.411. The first-order valence-corrected chi connectivity index (χ1v) is 5.83. The smallest absolute Gasteiger partial charge is 0.274 e. The van der Waals surface area contributed by atoms with E-state index in [1.165, 1.54) is 31.2 Å². The zero-order chi connectivity index (χ0) is 12.1. The minimum Gasteiger partial charge on any atom is -0.370 e. The van der Waals surface area contributed by atoms with E-state index in [9.17, 15) is 10.1 Å². The van der Waals surface area contributed by atoms with Crippen LogP contribution in [-0.4, -0.2) is 29.0 Å². The highest BCUT2D eigenvalue weighted by Gasteiger charge is 2.13. The van der Waals surface area contributed by atoms with Gasteiger partial charge in [0.15, 0.2) is 0 Å². The summed E-state index contributed by atoms with van der Waals surface area (Å²) in [5.74, 6) is 0.567. The van der Waals surface area contributed by atoms with Gasteiger partial charge in [0.05, 0.1) is 11.0 Å². The first kappa shape index (κ1) is 11.8. The van der Waals surface area contributed by atoms with Crippen LogP contribution in [0.4, 0.5) is 11.5 Å². The zero-order valence-electron chi connectivity index (χ0n) is 9.56. The number of pyridine rings is 1. The highest BCUT2D eigenvalue weighted by Crippen LogP contribution is 2.14. The Morgan fingerprint density at radius 2 is 2.53 bits per heavy atom. The molecule has 0 bridgehead atoms. The van der Waals surface area contributed by atoms with Gasteiger partial charge in [-0.2, -0.15) is 0 Å². The highest BCUT2D eigenvalue weighted by molar-refractivity contribution is 5.44. The Morgan fingerprint density at radius 1 is 1.65 bits per heavy atom. The molecule has 0 radical (unpaired) electrons. The second kappa shape index (κ2) is 5.58. The van der Waals surface area contributed by atoms with Crippen LogP contribution in [0.25, 0.3) is 0 Å². The van der Waals surface area contributed by atoms with Gasteiger partial charge < -0.3 is 10.6 Å². The van der Waals surface area contributed by atoms with Crippen molar-refractivity contribution in [3.63, 3.8) is 0 Å². The lowest BCUT2D eigenvalue weighted by atomic mass is 10.1. The fourth-order valence-corrected chi connectivity index (χ4v) is 2.01. The van der Waals surface area contributed by atoms with Gasteiger partial charge in [-0.1, -0.05) is 0 Å². The van der Waals surface area contributed by atoms with Crippen LogP contribution in [-0.2, 0) is 0 Å². The van der Waals surface area contributed by atoms with Crippen LogP contribution in [0, 0.1) is 10.1 Å². The van der Waals surface area contributed by atoms with E-state index in [0.717, 1.165) is 19.5 Å². The third-order valence-corrected chi connectivity index (χ3v) is 2.92. The Kier molecular flexibility index (Phi) is 3.87. The summed E-state index contributed by atoms with van der Waals surface area (Å²) < 4.78 is 0.